The molecule has 0 bridgehead atoms. The van der Waals surface area contributed by atoms with Gasteiger partial charge in [0.05, 0.1) is 11.2 Å². The summed E-state index contributed by atoms with van der Waals surface area (Å²) in [7, 11) is 1.82. The predicted molar refractivity (Wildman–Crippen MR) is 138 cm³/mol. The molecule has 2 heterocycles. The van der Waals surface area contributed by atoms with Crippen molar-refractivity contribution in [3.05, 3.63) is 70.8 Å². The Labute approximate surface area is 205 Å². The molecule has 2 aliphatic heterocycles. The van der Waals surface area contributed by atoms with Gasteiger partial charge in [0.2, 0.25) is 0 Å². The summed E-state index contributed by atoms with van der Waals surface area (Å²) in [6.45, 7) is 4.97. The van der Waals surface area contributed by atoms with Crippen LogP contribution in [0.15, 0.2) is 48.5 Å². The summed E-state index contributed by atoms with van der Waals surface area (Å²) in [4.78, 5) is 30.5. The minimum absolute atomic E-state index is 0.0189. The first-order valence-electron chi connectivity index (χ1n) is 12.7. The van der Waals surface area contributed by atoms with Crippen molar-refractivity contribution in [2.45, 2.75) is 43.7 Å². The van der Waals surface area contributed by atoms with Crippen molar-refractivity contribution < 1.29 is 9.59 Å². The van der Waals surface area contributed by atoms with E-state index in [2.05, 4.69) is 45.9 Å². The molecule has 6 heteroatoms. The molecule has 2 N–H and O–H groups in total. The molecule has 0 atom stereocenters. The zero-order chi connectivity index (χ0) is 23.9. The first-order valence-corrected chi connectivity index (χ1v) is 12.7. The molecule has 0 aromatic heterocycles. The molecule has 2 saturated carbocycles. The van der Waals surface area contributed by atoms with Gasteiger partial charge in [-0.2, -0.15) is 0 Å². The molecule has 1 spiro atoms. The lowest BCUT2D eigenvalue weighted by atomic mass is 9.94. The molecule has 0 unspecified atom stereocenters. The van der Waals surface area contributed by atoms with Gasteiger partial charge in [-0.1, -0.05) is 24.3 Å². The summed E-state index contributed by atoms with van der Waals surface area (Å²) >= 11 is 0. The topological polar surface area (TPSA) is 64.7 Å². The minimum Gasteiger partial charge on any atom is -0.368 e. The van der Waals surface area contributed by atoms with E-state index in [4.69, 9.17) is 0 Å². The van der Waals surface area contributed by atoms with Crippen LogP contribution in [-0.2, 0) is 5.54 Å². The monoisotopic (exact) mass is 466 g/mol. The summed E-state index contributed by atoms with van der Waals surface area (Å²) in [5, 5.41) is 9.14. The number of nitrogens with zero attached hydrogens (tertiary/aromatic N) is 2. The first kappa shape index (κ1) is 20.9. The standard InChI is InChI=1S/C29H30N4O2/c1-18-6-7-19(33-15-14-30-28(17-33)10-11-28)16-22(18)26(34)31-29(12-13-29)23-8-9-24-25-20(23)4-3-5-21(25)27(35)32(24)2/h3-9,16,30H,10-15,17H2,1-2H3,(H,31,34). The quantitative estimate of drug-likeness (QED) is 0.608. The van der Waals surface area contributed by atoms with Gasteiger partial charge in [0.25, 0.3) is 11.8 Å². The number of rotatable bonds is 4. The van der Waals surface area contributed by atoms with Gasteiger partial charge in [0.15, 0.2) is 0 Å². The van der Waals surface area contributed by atoms with Crippen LogP contribution in [0.2, 0.25) is 0 Å². The highest BCUT2D eigenvalue weighted by atomic mass is 16.2. The fourth-order valence-corrected chi connectivity index (χ4v) is 6.14. The number of aryl methyl sites for hydroxylation is 1. The smallest absolute Gasteiger partial charge is 0.258 e. The Hall–Kier alpha value is -3.38. The fourth-order valence-electron chi connectivity index (χ4n) is 6.14. The van der Waals surface area contributed by atoms with E-state index in [1.165, 1.54) is 12.8 Å². The summed E-state index contributed by atoms with van der Waals surface area (Å²) in [5.74, 6) is 0.0135. The largest absolute Gasteiger partial charge is 0.368 e. The second-order valence-corrected chi connectivity index (χ2v) is 10.9. The van der Waals surface area contributed by atoms with Gasteiger partial charge >= 0.3 is 0 Å². The number of piperazine rings is 1. The van der Waals surface area contributed by atoms with Gasteiger partial charge in [-0.15, -0.1) is 0 Å². The molecule has 4 aliphatic rings. The highest BCUT2D eigenvalue weighted by Gasteiger charge is 2.48. The second kappa shape index (κ2) is 7.08. The van der Waals surface area contributed by atoms with Crippen molar-refractivity contribution in [2.75, 3.05) is 36.5 Å². The van der Waals surface area contributed by atoms with E-state index in [0.29, 0.717) is 0 Å². The van der Waals surface area contributed by atoms with Crippen molar-refractivity contribution in [1.82, 2.24) is 10.6 Å². The third kappa shape index (κ3) is 3.12. The van der Waals surface area contributed by atoms with Gasteiger partial charge in [0, 0.05) is 54.4 Å². The van der Waals surface area contributed by atoms with E-state index in [0.717, 1.165) is 76.9 Å². The maximum atomic E-state index is 13.7. The van der Waals surface area contributed by atoms with E-state index in [9.17, 15) is 9.59 Å². The van der Waals surface area contributed by atoms with Gasteiger partial charge in [0.1, 0.15) is 0 Å². The third-order valence-corrected chi connectivity index (χ3v) is 8.59. The molecule has 1 saturated heterocycles. The molecule has 6 nitrogen and oxygen atoms in total. The van der Waals surface area contributed by atoms with Crippen LogP contribution in [0.3, 0.4) is 0 Å². The van der Waals surface area contributed by atoms with Crippen molar-refractivity contribution in [3.8, 4) is 0 Å². The molecular weight excluding hydrogens is 436 g/mol. The number of amides is 2. The number of carbonyl (C=O) groups excluding carboxylic acids is 2. The Balaban J connectivity index is 1.21. The van der Waals surface area contributed by atoms with Crippen LogP contribution in [0, 0.1) is 6.92 Å². The number of hydrogen-bond donors (Lipinski definition) is 2. The number of carbonyl (C=O) groups is 2. The van der Waals surface area contributed by atoms with Gasteiger partial charge in [-0.05, 0) is 73.4 Å². The van der Waals surface area contributed by atoms with E-state index in [1.54, 1.807) is 4.90 Å². The molecule has 3 aromatic rings. The van der Waals surface area contributed by atoms with E-state index in [-0.39, 0.29) is 22.9 Å². The molecule has 2 amide bonds. The number of nitrogens with one attached hydrogen (secondary N) is 2. The van der Waals surface area contributed by atoms with Crippen LogP contribution in [-0.4, -0.2) is 44.0 Å². The number of hydrogen-bond acceptors (Lipinski definition) is 4. The van der Waals surface area contributed by atoms with E-state index >= 15 is 0 Å². The van der Waals surface area contributed by atoms with Gasteiger partial charge in [-0.25, -0.2) is 0 Å². The highest BCUT2D eigenvalue weighted by Crippen LogP contribution is 2.51. The molecule has 3 aromatic carbocycles. The summed E-state index contributed by atoms with van der Waals surface area (Å²) < 4.78 is 0. The Kier molecular flexibility index (Phi) is 4.23. The Morgan fingerprint density at radius 1 is 1.06 bits per heavy atom. The molecule has 2 aliphatic carbocycles. The third-order valence-electron chi connectivity index (χ3n) is 8.59. The van der Waals surface area contributed by atoms with Crippen LogP contribution in [0.5, 0.6) is 0 Å². The Bertz CT molecular complexity index is 1420. The Morgan fingerprint density at radius 2 is 1.89 bits per heavy atom. The van der Waals surface area contributed by atoms with Crippen molar-refractivity contribution in [3.63, 3.8) is 0 Å². The number of anilines is 2. The molecule has 35 heavy (non-hydrogen) atoms. The highest BCUT2D eigenvalue weighted by molar-refractivity contribution is 6.25. The normalized spacial score (nSPS) is 21.0. The van der Waals surface area contributed by atoms with Gasteiger partial charge in [-0.3, -0.25) is 9.59 Å². The minimum atomic E-state index is -0.381. The maximum absolute atomic E-state index is 13.7. The van der Waals surface area contributed by atoms with Crippen LogP contribution in [0.4, 0.5) is 11.4 Å². The molecule has 0 radical (unpaired) electrons. The summed E-state index contributed by atoms with van der Waals surface area (Å²) in [6, 6.07) is 16.4. The van der Waals surface area contributed by atoms with Crippen molar-refractivity contribution >= 4 is 34.0 Å². The van der Waals surface area contributed by atoms with Crippen molar-refractivity contribution in [1.29, 1.82) is 0 Å². The molecule has 3 fully saturated rings. The van der Waals surface area contributed by atoms with E-state index in [1.807, 2.05) is 32.2 Å². The van der Waals surface area contributed by atoms with Crippen molar-refractivity contribution in [2.24, 2.45) is 0 Å². The number of benzene rings is 3. The SMILES string of the molecule is Cc1ccc(N2CCNC3(CC3)C2)cc1C(=O)NC1(c2ccc3c4c(cccc24)C(=O)N3C)CC1. The summed E-state index contributed by atoms with van der Waals surface area (Å²) in [6.07, 6.45) is 4.28. The second-order valence-electron chi connectivity index (χ2n) is 10.9. The van der Waals surface area contributed by atoms with E-state index < -0.39 is 0 Å². The molecular formula is C29H30N4O2. The Morgan fingerprint density at radius 3 is 2.66 bits per heavy atom. The lowest BCUT2D eigenvalue weighted by Crippen LogP contribution is -2.52. The summed E-state index contributed by atoms with van der Waals surface area (Å²) in [5.41, 5.74) is 5.58. The van der Waals surface area contributed by atoms with Crippen LogP contribution in [0.1, 0.15) is 57.5 Å². The fraction of sp³-hybridized carbons (Fsp3) is 0.379. The lowest BCUT2D eigenvalue weighted by Gasteiger charge is -2.36. The lowest BCUT2D eigenvalue weighted by molar-refractivity contribution is 0.0929. The molecule has 7 rings (SSSR count). The predicted octanol–water partition coefficient (Wildman–Crippen LogP) is 4.10. The van der Waals surface area contributed by atoms with Crippen LogP contribution >= 0.6 is 0 Å². The average Bonchev–Trinajstić information content (AvgIpc) is 3.79. The zero-order valence-corrected chi connectivity index (χ0v) is 20.3. The maximum Gasteiger partial charge on any atom is 0.258 e. The first-order chi connectivity index (χ1) is 16.9. The van der Waals surface area contributed by atoms with Crippen LogP contribution in [0.25, 0.3) is 10.8 Å². The molecule has 178 valence electrons. The average molecular weight is 467 g/mol. The van der Waals surface area contributed by atoms with Gasteiger partial charge < -0.3 is 20.4 Å². The van der Waals surface area contributed by atoms with Crippen LogP contribution < -0.4 is 20.4 Å². The zero-order valence-electron chi connectivity index (χ0n) is 20.3.